The van der Waals surface area contributed by atoms with Crippen molar-refractivity contribution in [1.29, 1.82) is 0 Å². The third kappa shape index (κ3) is 3.95. The molecule has 1 aliphatic rings. The topological polar surface area (TPSA) is 81.9 Å². The number of aromatic amines is 1. The number of H-pyrrole nitrogens is 1. The summed E-state index contributed by atoms with van der Waals surface area (Å²) in [6.45, 7) is 2.13. The fourth-order valence-corrected chi connectivity index (χ4v) is 5.39. The molecule has 1 aromatic heterocycles. The number of phenols is 1. The summed E-state index contributed by atoms with van der Waals surface area (Å²) in [6, 6.07) is 11.3. The highest BCUT2D eigenvalue weighted by Gasteiger charge is 2.38. The largest absolute Gasteiger partial charge is 0.506 e. The second-order valence-corrected chi connectivity index (χ2v) is 9.47. The van der Waals surface area contributed by atoms with E-state index in [4.69, 9.17) is 5.10 Å². The summed E-state index contributed by atoms with van der Waals surface area (Å²) in [5, 5.41) is 18.9. The summed E-state index contributed by atoms with van der Waals surface area (Å²) < 4.78 is 2.86. The first-order valence-corrected chi connectivity index (χ1v) is 11.8. The van der Waals surface area contributed by atoms with Crippen molar-refractivity contribution in [2.45, 2.75) is 31.1 Å². The van der Waals surface area contributed by atoms with Crippen molar-refractivity contribution in [1.82, 2.24) is 10.1 Å². The molecule has 0 bridgehead atoms. The Morgan fingerprint density at radius 1 is 1.24 bits per heavy atom. The number of hydrogen-bond donors (Lipinski definition) is 3. The monoisotopic (exact) mass is 537 g/mol. The van der Waals surface area contributed by atoms with E-state index in [1.807, 2.05) is 36.4 Å². The molecule has 29 heavy (non-hydrogen) atoms. The van der Waals surface area contributed by atoms with Gasteiger partial charge in [0.2, 0.25) is 5.16 Å². The molecule has 0 fully saturated rings. The Kier molecular flexibility index (Phi) is 5.98. The number of benzene rings is 2. The average Bonchev–Trinajstić information content (AvgIpc) is 2.71. The highest BCUT2D eigenvalue weighted by atomic mass is 79.9. The number of para-hydroxylation sites is 1. The maximum atomic E-state index is 13.0. The number of hydrogen-bond acceptors (Lipinski definition) is 5. The molecule has 0 saturated carbocycles. The first-order chi connectivity index (χ1) is 14.0. The molecule has 0 saturated heterocycles. The van der Waals surface area contributed by atoms with Gasteiger partial charge < -0.3 is 10.4 Å². The van der Waals surface area contributed by atoms with Gasteiger partial charge in [0, 0.05) is 16.4 Å². The molecule has 4 rings (SSSR count). The lowest BCUT2D eigenvalue weighted by atomic mass is 10.0. The summed E-state index contributed by atoms with van der Waals surface area (Å²) in [4.78, 5) is 16.0. The number of phenolic OH excluding ortho intramolecular Hbond substituents is 1. The zero-order valence-corrected chi connectivity index (χ0v) is 19.6. The van der Waals surface area contributed by atoms with Crippen molar-refractivity contribution < 1.29 is 9.79 Å². The minimum atomic E-state index is -0.402. The highest BCUT2D eigenvalue weighted by molar-refractivity contribution is 9.11. The Balaban J connectivity index is 1.89. The number of unbranched alkanes of at least 4 members (excludes halogenated alkanes) is 1. The third-order valence-electron chi connectivity index (χ3n) is 4.67. The number of thioether (sulfide) groups is 1. The number of aromatic hydroxyl groups is 1. The minimum Gasteiger partial charge on any atom is -0.506 e. The Morgan fingerprint density at radius 3 is 2.69 bits per heavy atom. The zero-order chi connectivity index (χ0) is 20.5. The van der Waals surface area contributed by atoms with Crippen LogP contribution >= 0.6 is 43.6 Å². The van der Waals surface area contributed by atoms with Gasteiger partial charge in [0.25, 0.3) is 6.17 Å². The first kappa shape index (κ1) is 20.4. The van der Waals surface area contributed by atoms with E-state index in [0.29, 0.717) is 19.8 Å². The van der Waals surface area contributed by atoms with E-state index >= 15 is 0 Å². The van der Waals surface area contributed by atoms with Crippen molar-refractivity contribution in [2.24, 2.45) is 0 Å². The average molecular weight is 539 g/mol. The standard InChI is InChI=1S/C20H18Br2N4O2S/c1-2-3-8-29-20-24-19(28)16-12-6-4-5-7-15(12)23-18(26(16)25-20)11-9-13(21)17(27)14(22)10-11/h4-7,9-10,18H,2-3,8H2,1H3,(H2,24,25,27,28)/p+1/t18-/m1/s1. The maximum Gasteiger partial charge on any atom is 0.325 e. The van der Waals surface area contributed by atoms with Gasteiger partial charge in [0.15, 0.2) is 0 Å². The number of nitrogens with zero attached hydrogens (tertiary/aromatic N) is 2. The SMILES string of the molecule is CCCCSc1n[n+]2c(c(=O)[nH]1)-c1ccccc1N[C@H]2c1cc(Br)c(O)c(Br)c1. The van der Waals surface area contributed by atoms with Crippen LogP contribution in [0.1, 0.15) is 31.5 Å². The summed E-state index contributed by atoms with van der Waals surface area (Å²) in [7, 11) is 0. The van der Waals surface area contributed by atoms with Gasteiger partial charge >= 0.3 is 11.3 Å². The molecule has 0 unspecified atom stereocenters. The van der Waals surface area contributed by atoms with Gasteiger partial charge in [-0.3, -0.25) is 9.78 Å². The normalized spacial score (nSPS) is 14.8. The first-order valence-electron chi connectivity index (χ1n) is 9.22. The van der Waals surface area contributed by atoms with Crippen LogP contribution in [-0.2, 0) is 0 Å². The zero-order valence-electron chi connectivity index (χ0n) is 15.6. The molecule has 2 aromatic carbocycles. The number of rotatable bonds is 5. The van der Waals surface area contributed by atoms with E-state index in [-0.39, 0.29) is 11.3 Å². The van der Waals surface area contributed by atoms with Gasteiger partial charge in [-0.2, -0.15) is 0 Å². The summed E-state index contributed by atoms with van der Waals surface area (Å²) in [5.41, 5.74) is 2.85. The van der Waals surface area contributed by atoms with Crippen LogP contribution in [0, 0.1) is 0 Å². The molecule has 9 heteroatoms. The molecule has 0 aliphatic carbocycles. The Labute approximate surface area is 189 Å². The van der Waals surface area contributed by atoms with Gasteiger partial charge in [-0.25, -0.2) is 0 Å². The molecule has 2 heterocycles. The van der Waals surface area contributed by atoms with Crippen LogP contribution in [0.15, 0.2) is 55.3 Å². The maximum absolute atomic E-state index is 13.0. The van der Waals surface area contributed by atoms with E-state index in [1.165, 1.54) is 0 Å². The van der Waals surface area contributed by atoms with E-state index in [2.05, 4.69) is 49.1 Å². The van der Waals surface area contributed by atoms with Crippen LogP contribution in [0.3, 0.4) is 0 Å². The molecule has 0 spiro atoms. The Bertz CT molecular complexity index is 1110. The summed E-state index contributed by atoms with van der Waals surface area (Å²) >= 11 is 8.34. The fourth-order valence-electron chi connectivity index (χ4n) is 3.24. The molecule has 6 nitrogen and oxygen atoms in total. The lowest BCUT2D eigenvalue weighted by Gasteiger charge is -2.22. The van der Waals surface area contributed by atoms with Crippen LogP contribution in [0.4, 0.5) is 5.69 Å². The lowest BCUT2D eigenvalue weighted by Crippen LogP contribution is -2.55. The predicted octanol–water partition coefficient (Wildman–Crippen LogP) is 4.82. The third-order valence-corrected chi connectivity index (χ3v) is 6.83. The van der Waals surface area contributed by atoms with Crippen LogP contribution < -0.4 is 15.6 Å². The van der Waals surface area contributed by atoms with Crippen molar-refractivity contribution in [3.8, 4) is 17.0 Å². The second kappa shape index (κ2) is 8.49. The van der Waals surface area contributed by atoms with Gasteiger partial charge in [-0.05, 0) is 67.2 Å². The Morgan fingerprint density at radius 2 is 1.97 bits per heavy atom. The van der Waals surface area contributed by atoms with Crippen molar-refractivity contribution in [2.75, 3.05) is 11.1 Å². The molecule has 3 aromatic rings. The van der Waals surface area contributed by atoms with Crippen LogP contribution in [0.5, 0.6) is 5.75 Å². The molecule has 0 radical (unpaired) electrons. The number of fused-ring (bicyclic) bond motifs is 3. The lowest BCUT2D eigenvalue weighted by molar-refractivity contribution is -0.759. The van der Waals surface area contributed by atoms with Gasteiger partial charge in [0.05, 0.1) is 20.2 Å². The summed E-state index contributed by atoms with van der Waals surface area (Å²) in [5.74, 6) is 1.02. The number of anilines is 1. The van der Waals surface area contributed by atoms with Crippen molar-refractivity contribution in [3.63, 3.8) is 0 Å². The van der Waals surface area contributed by atoms with Gasteiger partial charge in [-0.1, -0.05) is 37.2 Å². The van der Waals surface area contributed by atoms with Gasteiger partial charge in [0.1, 0.15) is 5.75 Å². The van der Waals surface area contributed by atoms with E-state index in [0.717, 1.165) is 35.4 Å². The second-order valence-electron chi connectivity index (χ2n) is 6.68. The molecular formula is C20H19Br2N4O2S+. The van der Waals surface area contributed by atoms with E-state index in [9.17, 15) is 9.90 Å². The fraction of sp³-hybridized carbons (Fsp3) is 0.250. The molecular weight excluding hydrogens is 520 g/mol. The summed E-state index contributed by atoms with van der Waals surface area (Å²) in [6.07, 6.45) is 1.74. The highest BCUT2D eigenvalue weighted by Crippen LogP contribution is 2.37. The molecule has 3 N–H and O–H groups in total. The van der Waals surface area contributed by atoms with Crippen molar-refractivity contribution in [3.05, 3.63) is 61.3 Å². The van der Waals surface area contributed by atoms with E-state index < -0.39 is 6.17 Å². The van der Waals surface area contributed by atoms with Gasteiger partial charge in [-0.15, -0.1) is 0 Å². The quantitative estimate of drug-likeness (QED) is 0.246. The molecule has 1 atom stereocenters. The van der Waals surface area contributed by atoms with Crippen molar-refractivity contribution >= 4 is 49.3 Å². The van der Waals surface area contributed by atoms with Crippen LogP contribution in [-0.4, -0.2) is 20.9 Å². The van der Waals surface area contributed by atoms with E-state index in [1.54, 1.807) is 16.4 Å². The molecule has 0 amide bonds. The smallest absolute Gasteiger partial charge is 0.325 e. The minimum absolute atomic E-state index is 0.130. The van der Waals surface area contributed by atoms with Crippen LogP contribution in [0.2, 0.25) is 0 Å². The Hall–Kier alpha value is -1.84. The number of halogens is 2. The molecule has 150 valence electrons. The number of aromatic nitrogens is 3. The van der Waals surface area contributed by atoms with Crippen LogP contribution in [0.25, 0.3) is 11.3 Å². The predicted molar refractivity (Wildman–Crippen MR) is 121 cm³/mol. The molecule has 1 aliphatic heterocycles. The number of nitrogens with one attached hydrogen (secondary N) is 2.